The van der Waals surface area contributed by atoms with E-state index >= 15 is 0 Å². The molecule has 0 spiro atoms. The van der Waals surface area contributed by atoms with Crippen LogP contribution in [0.5, 0.6) is 0 Å². The van der Waals surface area contributed by atoms with E-state index in [-0.39, 0.29) is 10.9 Å². The highest BCUT2D eigenvalue weighted by molar-refractivity contribution is 7.91. The van der Waals surface area contributed by atoms with Gasteiger partial charge in [-0.2, -0.15) is 0 Å². The van der Waals surface area contributed by atoms with Crippen LogP contribution >= 0.6 is 11.6 Å². The molecule has 1 atom stereocenters. The summed E-state index contributed by atoms with van der Waals surface area (Å²) in [6.45, 7) is 3.49. The number of imidazole rings is 1. The van der Waals surface area contributed by atoms with E-state index in [4.69, 9.17) is 11.6 Å². The van der Waals surface area contributed by atoms with E-state index in [1.165, 1.54) is 10.6 Å². The van der Waals surface area contributed by atoms with Crippen molar-refractivity contribution in [1.29, 1.82) is 0 Å². The third kappa shape index (κ3) is 4.19. The zero-order chi connectivity index (χ0) is 17.9. The van der Waals surface area contributed by atoms with Gasteiger partial charge >= 0.3 is 0 Å². The van der Waals surface area contributed by atoms with Crippen LogP contribution in [0.15, 0.2) is 24.0 Å². The molecule has 1 fully saturated rings. The van der Waals surface area contributed by atoms with Gasteiger partial charge in [0.1, 0.15) is 11.9 Å². The van der Waals surface area contributed by atoms with E-state index in [2.05, 4.69) is 11.6 Å². The molecule has 0 bridgehead atoms. The summed E-state index contributed by atoms with van der Waals surface area (Å²) in [4.78, 5) is 18.0. The molecule has 0 N–H and O–H groups in total. The minimum Gasteiger partial charge on any atom is -0.361 e. The van der Waals surface area contributed by atoms with E-state index in [9.17, 15) is 13.2 Å². The summed E-state index contributed by atoms with van der Waals surface area (Å²) in [5.74, 6) is 0.633. The lowest BCUT2D eigenvalue weighted by Crippen LogP contribution is -2.22. The number of aromatic nitrogens is 2. The van der Waals surface area contributed by atoms with E-state index in [0.717, 1.165) is 25.7 Å². The van der Waals surface area contributed by atoms with Crippen molar-refractivity contribution < 1.29 is 13.2 Å². The number of carbonyl (C=O) groups is 1. The van der Waals surface area contributed by atoms with Crippen molar-refractivity contribution in [2.24, 2.45) is 5.92 Å². The van der Waals surface area contributed by atoms with Gasteiger partial charge in [-0.25, -0.2) is 13.4 Å². The molecule has 1 unspecified atom stereocenters. The maximum absolute atomic E-state index is 12.5. The Labute approximate surface area is 148 Å². The molecular weight excluding hydrogens is 350 g/mol. The summed E-state index contributed by atoms with van der Waals surface area (Å²) < 4.78 is 26.5. The van der Waals surface area contributed by atoms with Gasteiger partial charge < -0.3 is 9.47 Å². The third-order valence-electron chi connectivity index (χ3n) is 4.39. The summed E-state index contributed by atoms with van der Waals surface area (Å²) in [7, 11) is -0.132. The van der Waals surface area contributed by atoms with Gasteiger partial charge in [0.05, 0.1) is 5.75 Å². The van der Waals surface area contributed by atoms with Gasteiger partial charge in [-0.05, 0) is 23.9 Å². The Morgan fingerprint density at radius 2 is 2.12 bits per heavy atom. The van der Waals surface area contributed by atoms with Crippen molar-refractivity contribution in [2.75, 3.05) is 24.7 Å². The second-order valence-corrected chi connectivity index (χ2v) is 8.76. The minimum absolute atomic E-state index is 0.122. The standard InChI is InChI=1S/C16H24ClN3O3S/c1-4-9-24(22,23)16-18-14(19(2)3)11-20(16)13(15(17)21)10-12-7-5-6-8-12/h4,11-13H,1,5-10H2,2-3H3. The molecule has 8 heteroatoms. The van der Waals surface area contributed by atoms with Crippen molar-refractivity contribution in [2.45, 2.75) is 43.3 Å². The van der Waals surface area contributed by atoms with Gasteiger partial charge in [0.15, 0.2) is 0 Å². The number of nitrogens with zero attached hydrogens (tertiary/aromatic N) is 3. The van der Waals surface area contributed by atoms with Gasteiger partial charge in [0.25, 0.3) is 0 Å². The third-order valence-corrected chi connectivity index (χ3v) is 6.17. The molecule has 0 saturated heterocycles. The molecule has 0 radical (unpaired) electrons. The highest BCUT2D eigenvalue weighted by Gasteiger charge is 2.31. The molecule has 1 aliphatic rings. The van der Waals surface area contributed by atoms with Crippen molar-refractivity contribution in [3.8, 4) is 0 Å². The molecule has 0 aliphatic heterocycles. The lowest BCUT2D eigenvalue weighted by Gasteiger charge is -2.20. The highest BCUT2D eigenvalue weighted by Crippen LogP contribution is 2.34. The van der Waals surface area contributed by atoms with E-state index in [0.29, 0.717) is 18.2 Å². The van der Waals surface area contributed by atoms with Crippen molar-refractivity contribution in [1.82, 2.24) is 9.55 Å². The van der Waals surface area contributed by atoms with Crippen LogP contribution in [0.25, 0.3) is 0 Å². The van der Waals surface area contributed by atoms with Crippen LogP contribution in [0.1, 0.15) is 38.1 Å². The number of halogens is 1. The first-order valence-electron chi connectivity index (χ1n) is 8.05. The summed E-state index contributed by atoms with van der Waals surface area (Å²) in [6.07, 6.45) is 7.83. The summed E-state index contributed by atoms with van der Waals surface area (Å²) in [5, 5.41) is -0.678. The first kappa shape index (κ1) is 19.0. The van der Waals surface area contributed by atoms with Gasteiger partial charge in [0.2, 0.25) is 20.2 Å². The fraction of sp³-hybridized carbons (Fsp3) is 0.625. The SMILES string of the molecule is C=CCS(=O)(=O)c1nc(N(C)C)cn1C(CC1CCCC1)C(=O)Cl. The smallest absolute Gasteiger partial charge is 0.244 e. The van der Waals surface area contributed by atoms with E-state index in [1.807, 2.05) is 0 Å². The lowest BCUT2D eigenvalue weighted by atomic mass is 9.99. The van der Waals surface area contributed by atoms with Crippen molar-refractivity contribution in [3.63, 3.8) is 0 Å². The first-order chi connectivity index (χ1) is 11.3. The van der Waals surface area contributed by atoms with Crippen molar-refractivity contribution >= 4 is 32.5 Å². The van der Waals surface area contributed by atoms with Crippen LogP contribution in [-0.4, -0.2) is 43.1 Å². The van der Waals surface area contributed by atoms with Gasteiger partial charge in [0, 0.05) is 20.3 Å². The molecular formula is C16H24ClN3O3S. The maximum atomic E-state index is 12.5. The predicted octanol–water partition coefficient (Wildman–Crippen LogP) is 2.80. The van der Waals surface area contributed by atoms with Crippen LogP contribution in [0.4, 0.5) is 5.82 Å². The van der Waals surface area contributed by atoms with Gasteiger partial charge in [-0.1, -0.05) is 31.8 Å². The quantitative estimate of drug-likeness (QED) is 0.517. The second kappa shape index (κ2) is 7.70. The Bertz CT molecular complexity index is 706. The Morgan fingerprint density at radius 3 is 2.62 bits per heavy atom. The molecule has 0 aromatic carbocycles. The van der Waals surface area contributed by atoms with Crippen LogP contribution < -0.4 is 4.90 Å². The number of carbonyl (C=O) groups excluding carboxylic acids is 1. The summed E-state index contributed by atoms with van der Waals surface area (Å²) in [6, 6.07) is -0.717. The average Bonchev–Trinajstić information content (AvgIpc) is 3.14. The van der Waals surface area contributed by atoms with Crippen LogP contribution in [0, 0.1) is 5.92 Å². The van der Waals surface area contributed by atoms with E-state index in [1.54, 1.807) is 25.2 Å². The van der Waals surface area contributed by atoms with E-state index < -0.39 is 21.1 Å². The summed E-state index contributed by atoms with van der Waals surface area (Å²) >= 11 is 5.83. The normalized spacial score (nSPS) is 17.0. The number of hydrogen-bond donors (Lipinski definition) is 0. The molecule has 134 valence electrons. The largest absolute Gasteiger partial charge is 0.361 e. The Kier molecular flexibility index (Phi) is 6.09. The Hall–Kier alpha value is -1.34. The zero-order valence-corrected chi connectivity index (χ0v) is 15.7. The van der Waals surface area contributed by atoms with Crippen molar-refractivity contribution in [3.05, 3.63) is 18.9 Å². The molecule has 0 amide bonds. The fourth-order valence-corrected chi connectivity index (χ4v) is 4.53. The average molecular weight is 374 g/mol. The monoisotopic (exact) mass is 373 g/mol. The lowest BCUT2D eigenvalue weighted by molar-refractivity contribution is -0.115. The molecule has 1 aromatic heterocycles. The van der Waals surface area contributed by atoms with Crippen LogP contribution in [0.3, 0.4) is 0 Å². The Morgan fingerprint density at radius 1 is 1.50 bits per heavy atom. The molecule has 1 heterocycles. The molecule has 6 nitrogen and oxygen atoms in total. The molecule has 24 heavy (non-hydrogen) atoms. The number of hydrogen-bond acceptors (Lipinski definition) is 5. The molecule has 1 saturated carbocycles. The van der Waals surface area contributed by atoms with Gasteiger partial charge in [-0.15, -0.1) is 6.58 Å². The van der Waals surface area contributed by atoms with Gasteiger partial charge in [-0.3, -0.25) is 4.79 Å². The Balaban J connectivity index is 2.47. The van der Waals surface area contributed by atoms with Crippen LogP contribution in [0.2, 0.25) is 0 Å². The highest BCUT2D eigenvalue weighted by atomic mass is 35.5. The number of sulfone groups is 1. The van der Waals surface area contributed by atoms with Crippen LogP contribution in [-0.2, 0) is 14.6 Å². The molecule has 1 aromatic rings. The minimum atomic E-state index is -3.67. The fourth-order valence-electron chi connectivity index (χ4n) is 3.14. The molecule has 2 rings (SSSR count). The predicted molar refractivity (Wildman–Crippen MR) is 95.3 cm³/mol. The summed E-state index contributed by atoms with van der Waals surface area (Å²) in [5.41, 5.74) is 0. The first-order valence-corrected chi connectivity index (χ1v) is 10.1. The topological polar surface area (TPSA) is 72.3 Å². The maximum Gasteiger partial charge on any atom is 0.244 e. The second-order valence-electron chi connectivity index (χ2n) is 6.46. The zero-order valence-electron chi connectivity index (χ0n) is 14.1. The number of rotatable bonds is 8. The number of anilines is 1. The molecule has 1 aliphatic carbocycles.